The quantitative estimate of drug-likeness (QED) is 0.161. The molecule has 0 saturated carbocycles. The minimum Gasteiger partial charge on any atom is -0.321 e. The molecule has 0 aliphatic heterocycles. The van der Waals surface area contributed by atoms with E-state index in [1.165, 1.54) is 17.8 Å². The van der Waals surface area contributed by atoms with Crippen LogP contribution in [0.25, 0.3) is 22.0 Å². The van der Waals surface area contributed by atoms with Gasteiger partial charge in [0.2, 0.25) is 0 Å². The molecule has 180 valence electrons. The Kier molecular flexibility index (Phi) is 7.46. The number of hydrogen-bond acceptors (Lipinski definition) is 5. The SMILES string of the molecule is O=c1cc(CSc2ccc(Cl)cc2)nc(Sc2c(-c3ccccc3Cl)c3cc(Cl)ccc3[nH]c2=O)[nH]1. The highest BCUT2D eigenvalue weighted by atomic mass is 35.5. The van der Waals surface area contributed by atoms with Gasteiger partial charge in [0.25, 0.3) is 11.1 Å². The van der Waals surface area contributed by atoms with Gasteiger partial charge in [0.15, 0.2) is 5.16 Å². The standard InChI is InChI=1S/C26H16Cl3N3O2S2/c27-14-5-8-17(9-6-14)35-13-16-12-22(33)32-26(30-16)36-24-23(18-3-1-2-4-20(18)29)19-11-15(28)7-10-21(19)31-25(24)34/h1-12H,13H2,(H,31,34)(H,30,32,33). The number of nitrogens with one attached hydrogen (secondary N) is 2. The molecule has 0 fully saturated rings. The van der Waals surface area contributed by atoms with Gasteiger partial charge in [0.1, 0.15) is 0 Å². The average Bonchev–Trinajstić information content (AvgIpc) is 2.85. The number of benzene rings is 3. The van der Waals surface area contributed by atoms with Gasteiger partial charge in [-0.25, -0.2) is 4.98 Å². The third-order valence-electron chi connectivity index (χ3n) is 5.25. The van der Waals surface area contributed by atoms with E-state index < -0.39 is 0 Å². The fourth-order valence-corrected chi connectivity index (χ4v) is 5.96. The van der Waals surface area contributed by atoms with Crippen LogP contribution in [-0.2, 0) is 5.75 Å². The molecule has 5 rings (SSSR count). The Morgan fingerprint density at radius 2 is 1.58 bits per heavy atom. The zero-order valence-corrected chi connectivity index (χ0v) is 22.3. The molecule has 0 atom stereocenters. The Hall–Kier alpha value is -2.68. The van der Waals surface area contributed by atoms with E-state index in [1.807, 2.05) is 42.5 Å². The fourth-order valence-electron chi connectivity index (χ4n) is 3.67. The van der Waals surface area contributed by atoms with E-state index in [0.717, 1.165) is 22.0 Å². The van der Waals surface area contributed by atoms with E-state index in [9.17, 15) is 9.59 Å². The first kappa shape index (κ1) is 25.0. The molecule has 0 aliphatic rings. The monoisotopic (exact) mass is 571 g/mol. The van der Waals surface area contributed by atoms with E-state index in [4.69, 9.17) is 34.8 Å². The lowest BCUT2D eigenvalue weighted by atomic mass is 10.0. The molecule has 3 aromatic carbocycles. The molecule has 2 N–H and O–H groups in total. The van der Waals surface area contributed by atoms with E-state index in [2.05, 4.69) is 15.0 Å². The van der Waals surface area contributed by atoms with Gasteiger partial charge in [-0.05, 0) is 60.3 Å². The molecule has 0 aliphatic carbocycles. The number of halogens is 3. The van der Waals surface area contributed by atoms with Crippen molar-refractivity contribution >= 4 is 69.2 Å². The lowest BCUT2D eigenvalue weighted by Crippen LogP contribution is -2.13. The van der Waals surface area contributed by atoms with Crippen LogP contribution in [0, 0.1) is 0 Å². The summed E-state index contributed by atoms with van der Waals surface area (Å²) in [7, 11) is 0. The van der Waals surface area contributed by atoms with Crippen LogP contribution in [0.1, 0.15) is 5.69 Å². The fraction of sp³-hybridized carbons (Fsp3) is 0.0385. The second-order valence-corrected chi connectivity index (χ2v) is 11.0. The second kappa shape index (κ2) is 10.7. The van der Waals surface area contributed by atoms with E-state index in [1.54, 1.807) is 24.3 Å². The Balaban J connectivity index is 1.58. The van der Waals surface area contributed by atoms with Crippen molar-refractivity contribution in [3.63, 3.8) is 0 Å². The van der Waals surface area contributed by atoms with Crippen LogP contribution in [0.2, 0.25) is 15.1 Å². The van der Waals surface area contributed by atoms with Crippen molar-refractivity contribution in [1.82, 2.24) is 15.0 Å². The van der Waals surface area contributed by atoms with Crippen LogP contribution >= 0.6 is 58.3 Å². The summed E-state index contributed by atoms with van der Waals surface area (Å²) in [5.74, 6) is 0.472. The van der Waals surface area contributed by atoms with Gasteiger partial charge in [-0.15, -0.1) is 11.8 Å². The van der Waals surface area contributed by atoms with Crippen LogP contribution in [0.5, 0.6) is 0 Å². The molecule has 5 nitrogen and oxygen atoms in total. The van der Waals surface area contributed by atoms with Crippen molar-refractivity contribution in [2.45, 2.75) is 20.7 Å². The molecule has 0 spiro atoms. The van der Waals surface area contributed by atoms with E-state index in [-0.39, 0.29) is 11.1 Å². The van der Waals surface area contributed by atoms with Gasteiger partial charge in [0.05, 0.1) is 10.6 Å². The number of hydrogen-bond donors (Lipinski definition) is 2. The maximum absolute atomic E-state index is 13.2. The highest BCUT2D eigenvalue weighted by Crippen LogP contribution is 2.40. The Morgan fingerprint density at radius 3 is 2.36 bits per heavy atom. The summed E-state index contributed by atoms with van der Waals surface area (Å²) in [5, 5.41) is 2.69. The number of rotatable bonds is 6. The summed E-state index contributed by atoms with van der Waals surface area (Å²) >= 11 is 21.4. The molecule has 5 aromatic rings. The topological polar surface area (TPSA) is 78.6 Å². The average molecular weight is 573 g/mol. The number of pyridine rings is 1. The molecule has 0 bridgehead atoms. The van der Waals surface area contributed by atoms with Crippen LogP contribution in [0.15, 0.2) is 97.3 Å². The smallest absolute Gasteiger partial charge is 0.263 e. The van der Waals surface area contributed by atoms with Crippen molar-refractivity contribution in [3.05, 3.63) is 114 Å². The van der Waals surface area contributed by atoms with Crippen LogP contribution in [0.4, 0.5) is 0 Å². The number of thioether (sulfide) groups is 1. The second-order valence-electron chi connectivity index (χ2n) is 7.71. The van der Waals surface area contributed by atoms with Crippen molar-refractivity contribution in [2.24, 2.45) is 0 Å². The molecule has 0 saturated heterocycles. The molecule has 36 heavy (non-hydrogen) atoms. The summed E-state index contributed by atoms with van der Waals surface area (Å²) < 4.78 is 0. The van der Waals surface area contributed by atoms with Gasteiger partial charge in [-0.2, -0.15) is 0 Å². The molecule has 2 heterocycles. The zero-order valence-electron chi connectivity index (χ0n) is 18.3. The summed E-state index contributed by atoms with van der Waals surface area (Å²) in [5.41, 5.74) is 1.87. The van der Waals surface area contributed by atoms with Gasteiger partial charge in [0, 0.05) is 53.8 Å². The van der Waals surface area contributed by atoms with E-state index >= 15 is 0 Å². The summed E-state index contributed by atoms with van der Waals surface area (Å²) in [6.45, 7) is 0. The summed E-state index contributed by atoms with van der Waals surface area (Å²) in [6.07, 6.45) is 0. The van der Waals surface area contributed by atoms with Crippen molar-refractivity contribution in [1.29, 1.82) is 0 Å². The normalized spacial score (nSPS) is 11.2. The first-order valence-electron chi connectivity index (χ1n) is 10.6. The predicted molar refractivity (Wildman–Crippen MR) is 150 cm³/mol. The van der Waals surface area contributed by atoms with Crippen LogP contribution < -0.4 is 11.1 Å². The van der Waals surface area contributed by atoms with Crippen molar-refractivity contribution in [3.8, 4) is 11.1 Å². The maximum Gasteiger partial charge on any atom is 0.263 e. The first-order chi connectivity index (χ1) is 17.4. The molecule has 0 unspecified atom stereocenters. The molecule has 10 heteroatoms. The largest absolute Gasteiger partial charge is 0.321 e. The lowest BCUT2D eigenvalue weighted by Gasteiger charge is -2.14. The molecule has 0 amide bonds. The number of nitrogens with zero attached hydrogens (tertiary/aromatic N) is 1. The number of fused-ring (bicyclic) bond motifs is 1. The maximum atomic E-state index is 13.2. The number of aromatic nitrogens is 3. The Labute approximate surface area is 229 Å². The highest BCUT2D eigenvalue weighted by molar-refractivity contribution is 7.99. The van der Waals surface area contributed by atoms with Gasteiger partial charge in [-0.1, -0.05) is 53.0 Å². The minimum atomic E-state index is -0.326. The van der Waals surface area contributed by atoms with Gasteiger partial charge >= 0.3 is 0 Å². The predicted octanol–water partition coefficient (Wildman–Crippen LogP) is 7.68. The molecular weight excluding hydrogens is 557 g/mol. The van der Waals surface area contributed by atoms with Crippen molar-refractivity contribution < 1.29 is 0 Å². The number of aromatic amines is 2. The third-order valence-corrected chi connectivity index (χ3v) is 8.09. The summed E-state index contributed by atoms with van der Waals surface area (Å²) in [6, 6.07) is 21.4. The summed E-state index contributed by atoms with van der Waals surface area (Å²) in [4.78, 5) is 37.3. The minimum absolute atomic E-state index is 0.300. The van der Waals surface area contributed by atoms with Gasteiger partial charge in [-0.3, -0.25) is 9.59 Å². The van der Waals surface area contributed by atoms with Gasteiger partial charge < -0.3 is 9.97 Å². The Morgan fingerprint density at radius 1 is 0.833 bits per heavy atom. The highest BCUT2D eigenvalue weighted by Gasteiger charge is 2.19. The van der Waals surface area contributed by atoms with E-state index in [0.29, 0.717) is 53.2 Å². The number of H-pyrrole nitrogens is 2. The lowest BCUT2D eigenvalue weighted by molar-refractivity contribution is 0.899. The molecule has 2 aromatic heterocycles. The van der Waals surface area contributed by atoms with Crippen LogP contribution in [0.3, 0.4) is 0 Å². The molecular formula is C26H16Cl3N3O2S2. The third kappa shape index (κ3) is 5.51. The zero-order chi connectivity index (χ0) is 25.2. The first-order valence-corrected chi connectivity index (χ1v) is 13.6. The Bertz CT molecular complexity index is 1700. The molecule has 0 radical (unpaired) electrons. The van der Waals surface area contributed by atoms with Crippen LogP contribution in [-0.4, -0.2) is 15.0 Å². The van der Waals surface area contributed by atoms with Crippen molar-refractivity contribution in [2.75, 3.05) is 0 Å².